The zero-order valence-electron chi connectivity index (χ0n) is 10.8. The first-order chi connectivity index (χ1) is 9.68. The van der Waals surface area contributed by atoms with Crippen LogP contribution in [-0.2, 0) is 0 Å². The summed E-state index contributed by atoms with van der Waals surface area (Å²) < 4.78 is 16.6. The van der Waals surface area contributed by atoms with Gasteiger partial charge in [0.2, 0.25) is 0 Å². The molecule has 5 nitrogen and oxygen atoms in total. The summed E-state index contributed by atoms with van der Waals surface area (Å²) >= 11 is 0. The summed E-state index contributed by atoms with van der Waals surface area (Å²) in [6.07, 6.45) is 0. The van der Waals surface area contributed by atoms with E-state index >= 15 is 0 Å². The van der Waals surface area contributed by atoms with Crippen LogP contribution < -0.4 is 19.9 Å². The molecule has 1 unspecified atom stereocenters. The van der Waals surface area contributed by atoms with E-state index < -0.39 is 5.79 Å². The average Bonchev–Trinajstić information content (AvgIpc) is 2.49. The zero-order valence-corrected chi connectivity index (χ0v) is 10.8. The van der Waals surface area contributed by atoms with Crippen molar-refractivity contribution in [1.82, 2.24) is 0 Å². The molecule has 0 spiro atoms. The number of fused-ring (bicyclic) bond motifs is 1. The molecule has 1 heterocycles. The molecule has 1 aliphatic heterocycles. The predicted molar refractivity (Wildman–Crippen MR) is 73.1 cm³/mol. The van der Waals surface area contributed by atoms with E-state index in [9.17, 15) is 5.11 Å². The molecule has 5 heteroatoms. The highest BCUT2D eigenvalue weighted by atomic mass is 16.7. The van der Waals surface area contributed by atoms with Gasteiger partial charge in [0, 0.05) is 6.07 Å². The van der Waals surface area contributed by atoms with Crippen molar-refractivity contribution < 1.29 is 19.3 Å². The van der Waals surface area contributed by atoms with Crippen molar-refractivity contribution in [1.29, 1.82) is 0 Å². The largest absolute Gasteiger partial charge is 0.483 e. The molecule has 0 saturated carbocycles. The molecule has 1 aliphatic rings. The first kappa shape index (κ1) is 12.8. The van der Waals surface area contributed by atoms with Crippen LogP contribution in [0.1, 0.15) is 0 Å². The lowest BCUT2D eigenvalue weighted by molar-refractivity contribution is -0.166. The van der Waals surface area contributed by atoms with E-state index in [0.29, 0.717) is 17.2 Å². The summed E-state index contributed by atoms with van der Waals surface area (Å²) in [5, 5.41) is 9.93. The third-order valence-corrected chi connectivity index (χ3v) is 2.97. The molecule has 0 saturated heterocycles. The van der Waals surface area contributed by atoms with Crippen LogP contribution >= 0.6 is 0 Å². The van der Waals surface area contributed by atoms with Gasteiger partial charge >= 0.3 is 0 Å². The molecule has 0 amide bonds. The van der Waals surface area contributed by atoms with Crippen LogP contribution in [0.3, 0.4) is 0 Å². The van der Waals surface area contributed by atoms with Crippen molar-refractivity contribution in [3.63, 3.8) is 0 Å². The number of benzene rings is 2. The Morgan fingerprint density at radius 2 is 1.90 bits per heavy atom. The van der Waals surface area contributed by atoms with E-state index in [1.54, 1.807) is 18.2 Å². The Morgan fingerprint density at radius 1 is 1.10 bits per heavy atom. The molecule has 2 aromatic rings. The smallest absolute Gasteiger partial charge is 0.255 e. The predicted octanol–water partition coefficient (Wildman–Crippen LogP) is 1.90. The first-order valence-corrected chi connectivity index (χ1v) is 6.30. The molecule has 20 heavy (non-hydrogen) atoms. The van der Waals surface area contributed by atoms with Crippen LogP contribution in [-0.4, -0.2) is 24.0 Å². The lowest BCUT2D eigenvalue weighted by Gasteiger charge is -2.32. The van der Waals surface area contributed by atoms with E-state index in [1.165, 1.54) is 0 Å². The Hall–Kier alpha value is -2.24. The quantitative estimate of drug-likeness (QED) is 0.893. The maximum atomic E-state index is 9.93. The van der Waals surface area contributed by atoms with E-state index in [1.807, 2.05) is 30.3 Å². The van der Waals surface area contributed by atoms with E-state index in [-0.39, 0.29) is 13.2 Å². The van der Waals surface area contributed by atoms with Crippen molar-refractivity contribution in [2.75, 3.05) is 13.2 Å². The van der Waals surface area contributed by atoms with Gasteiger partial charge in [0.15, 0.2) is 18.1 Å². The lowest BCUT2D eigenvalue weighted by atomic mass is 10.2. The van der Waals surface area contributed by atoms with Crippen LogP contribution in [0.25, 0.3) is 0 Å². The normalized spacial score (nSPS) is 20.5. The van der Waals surface area contributed by atoms with Gasteiger partial charge < -0.3 is 25.1 Å². The second-order valence-corrected chi connectivity index (χ2v) is 4.56. The second kappa shape index (κ2) is 5.03. The maximum absolute atomic E-state index is 9.93. The van der Waals surface area contributed by atoms with Gasteiger partial charge in [0.25, 0.3) is 5.79 Å². The first-order valence-electron chi connectivity index (χ1n) is 6.30. The molecule has 0 aromatic heterocycles. The molecule has 0 fully saturated rings. The highest BCUT2D eigenvalue weighted by Crippen LogP contribution is 2.38. The molecule has 2 aromatic carbocycles. The highest BCUT2D eigenvalue weighted by molar-refractivity contribution is 5.48. The van der Waals surface area contributed by atoms with Crippen LogP contribution in [0.2, 0.25) is 0 Å². The highest BCUT2D eigenvalue weighted by Gasteiger charge is 2.34. The molecule has 3 N–H and O–H groups in total. The molecule has 0 bridgehead atoms. The Kier molecular flexibility index (Phi) is 3.22. The monoisotopic (exact) mass is 273 g/mol. The summed E-state index contributed by atoms with van der Waals surface area (Å²) in [5.74, 6) is 0.884. The van der Waals surface area contributed by atoms with Crippen molar-refractivity contribution in [2.45, 2.75) is 5.79 Å². The Morgan fingerprint density at radius 3 is 2.65 bits per heavy atom. The molecular formula is C15H15NO4. The lowest BCUT2D eigenvalue weighted by Crippen LogP contribution is -2.50. The van der Waals surface area contributed by atoms with Crippen LogP contribution in [0.5, 0.6) is 23.0 Å². The van der Waals surface area contributed by atoms with E-state index in [2.05, 4.69) is 0 Å². The number of rotatable bonds is 3. The van der Waals surface area contributed by atoms with Crippen molar-refractivity contribution >= 4 is 0 Å². The van der Waals surface area contributed by atoms with Gasteiger partial charge in [-0.2, -0.15) is 0 Å². The molecule has 3 rings (SSSR count). The van der Waals surface area contributed by atoms with Crippen molar-refractivity contribution in [3.05, 3.63) is 48.5 Å². The maximum Gasteiger partial charge on any atom is 0.255 e. The standard InChI is InChI=1S/C15H15NO4/c16-9-15(17)10-18-14-8-12(6-7-13(14)20-15)19-11-4-2-1-3-5-11/h1-8,17H,9-10,16H2. The molecule has 1 atom stereocenters. The second-order valence-electron chi connectivity index (χ2n) is 4.56. The van der Waals surface area contributed by atoms with Gasteiger partial charge in [-0.15, -0.1) is 0 Å². The Balaban J connectivity index is 1.81. The summed E-state index contributed by atoms with van der Waals surface area (Å²) in [7, 11) is 0. The minimum absolute atomic E-state index is 0.00864. The summed E-state index contributed by atoms with van der Waals surface area (Å²) in [6, 6.07) is 14.6. The summed E-state index contributed by atoms with van der Waals surface area (Å²) in [5.41, 5.74) is 5.45. The Bertz CT molecular complexity index is 602. The van der Waals surface area contributed by atoms with E-state index in [0.717, 1.165) is 5.75 Å². The fourth-order valence-electron chi connectivity index (χ4n) is 1.90. The SMILES string of the molecule is NCC1(O)COc2cc(Oc3ccccc3)ccc2O1. The van der Waals surface area contributed by atoms with E-state index in [4.69, 9.17) is 19.9 Å². The van der Waals surface area contributed by atoms with Gasteiger partial charge in [-0.25, -0.2) is 0 Å². The van der Waals surface area contributed by atoms with Gasteiger partial charge in [-0.05, 0) is 24.3 Å². The average molecular weight is 273 g/mol. The minimum Gasteiger partial charge on any atom is -0.483 e. The molecular weight excluding hydrogens is 258 g/mol. The number of hydrogen-bond donors (Lipinski definition) is 2. The van der Waals surface area contributed by atoms with Crippen LogP contribution in [0.15, 0.2) is 48.5 Å². The van der Waals surface area contributed by atoms with Gasteiger partial charge in [-0.3, -0.25) is 0 Å². The van der Waals surface area contributed by atoms with Crippen LogP contribution in [0.4, 0.5) is 0 Å². The third-order valence-electron chi connectivity index (χ3n) is 2.97. The fraction of sp³-hybridized carbons (Fsp3) is 0.200. The molecule has 0 aliphatic carbocycles. The number of hydrogen-bond acceptors (Lipinski definition) is 5. The molecule has 104 valence electrons. The van der Waals surface area contributed by atoms with Crippen molar-refractivity contribution in [3.8, 4) is 23.0 Å². The Labute approximate surface area is 116 Å². The summed E-state index contributed by atoms with van der Waals surface area (Å²) in [4.78, 5) is 0. The topological polar surface area (TPSA) is 73.9 Å². The van der Waals surface area contributed by atoms with Gasteiger partial charge in [0.1, 0.15) is 11.5 Å². The van der Waals surface area contributed by atoms with Crippen LogP contribution in [0, 0.1) is 0 Å². The third kappa shape index (κ3) is 2.54. The zero-order chi connectivity index (χ0) is 14.0. The number of aliphatic hydroxyl groups is 1. The minimum atomic E-state index is -1.46. The van der Waals surface area contributed by atoms with Crippen molar-refractivity contribution in [2.24, 2.45) is 5.73 Å². The number of nitrogens with two attached hydrogens (primary N) is 1. The van der Waals surface area contributed by atoms with Gasteiger partial charge in [0.05, 0.1) is 6.54 Å². The van der Waals surface area contributed by atoms with Gasteiger partial charge in [-0.1, -0.05) is 18.2 Å². The number of para-hydroxylation sites is 1. The number of ether oxygens (including phenoxy) is 3. The fourth-order valence-corrected chi connectivity index (χ4v) is 1.90. The summed E-state index contributed by atoms with van der Waals surface area (Å²) in [6.45, 7) is -0.0417. The molecule has 0 radical (unpaired) electrons.